The second kappa shape index (κ2) is 10.3. The van der Waals surface area contributed by atoms with E-state index in [0.29, 0.717) is 0 Å². The highest BCUT2D eigenvalue weighted by molar-refractivity contribution is 7.87. The molecular weight excluding hydrogens is 482 g/mol. The summed E-state index contributed by atoms with van der Waals surface area (Å²) in [5.74, 6) is -1.86. The maximum absolute atomic E-state index is 12.5. The van der Waals surface area contributed by atoms with Crippen molar-refractivity contribution in [1.82, 2.24) is 0 Å². The molecule has 4 rings (SSSR count). The molecule has 1 fully saturated rings. The zero-order valence-corrected chi connectivity index (χ0v) is 20.7. The summed E-state index contributed by atoms with van der Waals surface area (Å²) in [4.78, 5) is 39.0. The van der Waals surface area contributed by atoms with Gasteiger partial charge in [-0.15, -0.1) is 0 Å². The lowest BCUT2D eigenvalue weighted by Gasteiger charge is -2.18. The maximum Gasteiger partial charge on any atom is 0.339 e. The summed E-state index contributed by atoms with van der Waals surface area (Å²) < 4.78 is 35.2. The summed E-state index contributed by atoms with van der Waals surface area (Å²) in [5.41, 5.74) is 2.82. The van der Waals surface area contributed by atoms with Gasteiger partial charge in [-0.05, 0) is 61.9 Å². The van der Waals surface area contributed by atoms with Crippen molar-refractivity contribution in [2.24, 2.45) is 5.92 Å². The third-order valence-electron chi connectivity index (χ3n) is 5.90. The first kappa shape index (κ1) is 25.1. The lowest BCUT2D eigenvalue weighted by molar-refractivity contribution is -0.147. The molecule has 1 aliphatic rings. The molecule has 36 heavy (non-hydrogen) atoms. The number of ketones is 1. The van der Waals surface area contributed by atoms with E-state index in [1.54, 1.807) is 17.0 Å². The second-order valence-corrected chi connectivity index (χ2v) is 10.1. The number of amides is 1. The van der Waals surface area contributed by atoms with E-state index in [2.05, 4.69) is 0 Å². The Morgan fingerprint density at radius 1 is 0.944 bits per heavy atom. The lowest BCUT2D eigenvalue weighted by atomic mass is 10.1. The topological polar surface area (TPSA) is 107 Å². The van der Waals surface area contributed by atoms with Gasteiger partial charge in [0.15, 0.2) is 12.4 Å². The molecular formula is C27H25NO7S. The number of Topliss-reactive ketones (excluding diaryl/α,β-unsaturated/α-hetero) is 1. The van der Waals surface area contributed by atoms with Crippen LogP contribution in [0, 0.1) is 19.8 Å². The molecule has 3 aromatic rings. The van der Waals surface area contributed by atoms with Crippen molar-refractivity contribution in [2.45, 2.75) is 25.2 Å². The fourth-order valence-corrected chi connectivity index (χ4v) is 4.81. The fraction of sp³-hybridized carbons (Fsp3) is 0.222. The van der Waals surface area contributed by atoms with Crippen LogP contribution in [0.3, 0.4) is 0 Å². The van der Waals surface area contributed by atoms with Crippen LogP contribution in [0.1, 0.15) is 27.9 Å². The first-order chi connectivity index (χ1) is 17.1. The molecule has 0 spiro atoms. The summed E-state index contributed by atoms with van der Waals surface area (Å²) in [7, 11) is -4.01. The molecule has 9 heteroatoms. The number of para-hydroxylation sites is 1. The first-order valence-corrected chi connectivity index (χ1v) is 12.7. The Bertz CT molecular complexity index is 1400. The van der Waals surface area contributed by atoms with Gasteiger partial charge in [-0.3, -0.25) is 14.4 Å². The number of hydrogen-bond donors (Lipinski definition) is 0. The van der Waals surface area contributed by atoms with Crippen molar-refractivity contribution >= 4 is 33.5 Å². The van der Waals surface area contributed by atoms with Crippen LogP contribution in [-0.2, 0) is 24.4 Å². The van der Waals surface area contributed by atoms with Crippen LogP contribution in [0.15, 0.2) is 77.7 Å². The quantitative estimate of drug-likeness (QED) is 0.259. The number of carbonyl (C=O) groups is 3. The number of ether oxygens (including phenoxy) is 1. The van der Waals surface area contributed by atoms with Crippen LogP contribution in [0.2, 0.25) is 0 Å². The summed E-state index contributed by atoms with van der Waals surface area (Å²) in [6, 6.07) is 19.2. The van der Waals surface area contributed by atoms with Gasteiger partial charge in [0.05, 0.1) is 5.92 Å². The van der Waals surface area contributed by atoms with Gasteiger partial charge < -0.3 is 13.8 Å². The minimum atomic E-state index is -4.01. The van der Waals surface area contributed by atoms with Gasteiger partial charge in [0.1, 0.15) is 10.6 Å². The predicted octanol–water partition coefficient (Wildman–Crippen LogP) is 3.85. The van der Waals surface area contributed by atoms with Crippen LogP contribution < -0.4 is 9.08 Å². The van der Waals surface area contributed by atoms with Crippen LogP contribution in [0.4, 0.5) is 5.69 Å². The number of benzene rings is 3. The number of anilines is 1. The number of esters is 1. The van der Waals surface area contributed by atoms with E-state index in [1.807, 2.05) is 38.1 Å². The highest BCUT2D eigenvalue weighted by Crippen LogP contribution is 2.28. The third-order valence-corrected chi connectivity index (χ3v) is 7.16. The van der Waals surface area contributed by atoms with Crippen LogP contribution in [0.25, 0.3) is 0 Å². The SMILES string of the molecule is Cc1ccc(S(=O)(=O)Oc2ccc(C(=O)COC(=O)[C@@H]3CC(=O)N(c4ccccc4C)C3)cc2)cc1. The molecule has 0 bridgehead atoms. The monoisotopic (exact) mass is 507 g/mol. The highest BCUT2D eigenvalue weighted by atomic mass is 32.2. The number of rotatable bonds is 8. The van der Waals surface area contributed by atoms with Gasteiger partial charge in [-0.2, -0.15) is 8.42 Å². The predicted molar refractivity (Wildman–Crippen MR) is 132 cm³/mol. The molecule has 0 aliphatic carbocycles. The fourth-order valence-electron chi connectivity index (χ4n) is 3.88. The summed E-state index contributed by atoms with van der Waals surface area (Å²) in [6.07, 6.45) is 0.0167. The van der Waals surface area contributed by atoms with Gasteiger partial charge in [0, 0.05) is 24.2 Å². The maximum atomic E-state index is 12.5. The number of carbonyl (C=O) groups excluding carboxylic acids is 3. The van der Waals surface area contributed by atoms with Crippen LogP contribution >= 0.6 is 0 Å². The lowest BCUT2D eigenvalue weighted by Crippen LogP contribution is -2.27. The van der Waals surface area contributed by atoms with Gasteiger partial charge >= 0.3 is 16.1 Å². The Morgan fingerprint density at radius 2 is 1.61 bits per heavy atom. The second-order valence-electron chi connectivity index (χ2n) is 8.60. The van der Waals surface area contributed by atoms with Crippen molar-refractivity contribution in [2.75, 3.05) is 18.1 Å². The molecule has 1 heterocycles. The Hall–Kier alpha value is -3.98. The van der Waals surface area contributed by atoms with Crippen molar-refractivity contribution in [3.8, 4) is 5.75 Å². The van der Waals surface area contributed by atoms with Gasteiger partial charge in [0.2, 0.25) is 5.91 Å². The van der Waals surface area contributed by atoms with Crippen LogP contribution in [-0.4, -0.2) is 39.2 Å². The summed E-state index contributed by atoms with van der Waals surface area (Å²) in [6.45, 7) is 3.44. The molecule has 0 radical (unpaired) electrons. The van der Waals surface area contributed by atoms with E-state index in [9.17, 15) is 22.8 Å². The van der Waals surface area contributed by atoms with E-state index in [4.69, 9.17) is 8.92 Å². The van der Waals surface area contributed by atoms with Crippen molar-refractivity contribution in [3.63, 3.8) is 0 Å². The number of aryl methyl sites for hydroxylation is 2. The average molecular weight is 508 g/mol. The van der Waals surface area contributed by atoms with Crippen molar-refractivity contribution < 1.29 is 31.7 Å². The normalized spacial score (nSPS) is 15.6. The molecule has 3 aromatic carbocycles. The molecule has 1 atom stereocenters. The van der Waals surface area contributed by atoms with E-state index in [-0.39, 0.29) is 35.1 Å². The highest BCUT2D eigenvalue weighted by Gasteiger charge is 2.36. The molecule has 8 nitrogen and oxygen atoms in total. The Morgan fingerprint density at radius 3 is 2.28 bits per heavy atom. The number of nitrogens with zero attached hydrogens (tertiary/aromatic N) is 1. The largest absolute Gasteiger partial charge is 0.457 e. The van der Waals surface area contributed by atoms with Gasteiger partial charge in [0.25, 0.3) is 0 Å². The summed E-state index contributed by atoms with van der Waals surface area (Å²) in [5, 5.41) is 0. The third kappa shape index (κ3) is 5.63. The Labute approximate surface area is 209 Å². The van der Waals surface area contributed by atoms with E-state index < -0.39 is 34.4 Å². The van der Waals surface area contributed by atoms with Crippen LogP contribution in [0.5, 0.6) is 5.75 Å². The smallest absolute Gasteiger partial charge is 0.339 e. The molecule has 0 aromatic heterocycles. The molecule has 0 unspecified atom stereocenters. The van der Waals surface area contributed by atoms with Crippen molar-refractivity contribution in [1.29, 1.82) is 0 Å². The Kier molecular flexibility index (Phi) is 7.21. The Balaban J connectivity index is 1.32. The minimum Gasteiger partial charge on any atom is -0.457 e. The average Bonchev–Trinajstić information content (AvgIpc) is 3.24. The minimum absolute atomic E-state index is 0.0167. The molecule has 0 N–H and O–H groups in total. The van der Waals surface area contributed by atoms with E-state index in [0.717, 1.165) is 16.8 Å². The van der Waals surface area contributed by atoms with Gasteiger partial charge in [-0.25, -0.2) is 0 Å². The zero-order chi connectivity index (χ0) is 25.9. The first-order valence-electron chi connectivity index (χ1n) is 11.3. The molecule has 1 amide bonds. The summed E-state index contributed by atoms with van der Waals surface area (Å²) >= 11 is 0. The standard InChI is InChI=1S/C27H25NO7S/c1-18-7-13-23(14-8-18)36(32,33)35-22-11-9-20(10-12-22)25(29)17-34-27(31)21-15-26(30)28(16-21)24-6-4-3-5-19(24)2/h3-14,21H,15-17H2,1-2H3/t21-/m1/s1. The van der Waals surface area contributed by atoms with E-state index in [1.165, 1.54) is 36.4 Å². The number of hydrogen-bond acceptors (Lipinski definition) is 7. The molecule has 0 saturated carbocycles. The zero-order valence-electron chi connectivity index (χ0n) is 19.8. The molecule has 1 aliphatic heterocycles. The van der Waals surface area contributed by atoms with Crippen molar-refractivity contribution in [3.05, 3.63) is 89.5 Å². The molecule has 1 saturated heterocycles. The van der Waals surface area contributed by atoms with Gasteiger partial charge in [-0.1, -0.05) is 35.9 Å². The van der Waals surface area contributed by atoms with E-state index >= 15 is 0 Å². The molecule has 186 valence electrons.